The molecular weight excluding hydrogens is 232 g/mol. The second-order valence-corrected chi connectivity index (χ2v) is 5.55. The van der Waals surface area contributed by atoms with Crippen molar-refractivity contribution in [3.63, 3.8) is 0 Å². The van der Waals surface area contributed by atoms with E-state index in [4.69, 9.17) is 4.74 Å². The predicted molar refractivity (Wildman–Crippen MR) is 70.7 cm³/mol. The van der Waals surface area contributed by atoms with Crippen molar-refractivity contribution in [3.8, 4) is 0 Å². The molecule has 18 heavy (non-hydrogen) atoms. The van der Waals surface area contributed by atoms with Crippen LogP contribution >= 0.6 is 0 Å². The summed E-state index contributed by atoms with van der Waals surface area (Å²) in [5.74, 6) is -0.201. The molecule has 0 aromatic rings. The van der Waals surface area contributed by atoms with Crippen LogP contribution < -0.4 is 5.32 Å². The summed E-state index contributed by atoms with van der Waals surface area (Å²) in [7, 11) is 3.44. The third-order valence-corrected chi connectivity index (χ3v) is 4.07. The minimum absolute atomic E-state index is 0.264. The lowest BCUT2D eigenvalue weighted by atomic mass is 9.93. The highest BCUT2D eigenvalue weighted by Crippen LogP contribution is 2.23. The zero-order valence-corrected chi connectivity index (χ0v) is 11.9. The second-order valence-electron chi connectivity index (χ2n) is 5.55. The van der Waals surface area contributed by atoms with Crippen molar-refractivity contribution in [2.75, 3.05) is 33.9 Å². The van der Waals surface area contributed by atoms with E-state index in [0.29, 0.717) is 12.3 Å². The fourth-order valence-corrected chi connectivity index (χ4v) is 2.65. The van der Waals surface area contributed by atoms with Crippen molar-refractivity contribution >= 4 is 5.97 Å². The Hall–Kier alpha value is -0.650. The zero-order chi connectivity index (χ0) is 13.8. The maximum absolute atomic E-state index is 11.3. The molecule has 1 heterocycles. The number of ether oxygens (including phenoxy) is 1. The molecule has 5 nitrogen and oxygen atoms in total. The van der Waals surface area contributed by atoms with Gasteiger partial charge in [-0.05, 0) is 46.2 Å². The van der Waals surface area contributed by atoms with Crippen LogP contribution in [-0.2, 0) is 9.53 Å². The molecule has 1 rings (SSSR count). The largest absolute Gasteiger partial charge is 0.480 e. The Morgan fingerprint density at radius 1 is 1.67 bits per heavy atom. The Morgan fingerprint density at radius 3 is 2.83 bits per heavy atom. The summed E-state index contributed by atoms with van der Waals surface area (Å²) in [6.45, 7) is 6.69. The predicted octanol–water partition coefficient (Wildman–Crippen LogP) is 0.796. The summed E-state index contributed by atoms with van der Waals surface area (Å²) >= 11 is 0. The number of aliphatic carboxylic acids is 1. The standard InChI is InChI=1S/C13H26N2O3/c1-10(7-13(2,14-3)12(16)17)15-6-5-11(8-15)9-18-4/h10-11,14H,5-9H2,1-4H3,(H,16,17). The Kier molecular flexibility index (Phi) is 5.56. The minimum Gasteiger partial charge on any atom is -0.480 e. The van der Waals surface area contributed by atoms with Gasteiger partial charge in [-0.25, -0.2) is 0 Å². The van der Waals surface area contributed by atoms with E-state index >= 15 is 0 Å². The number of nitrogens with zero attached hydrogens (tertiary/aromatic N) is 1. The molecule has 0 spiro atoms. The Balaban J connectivity index is 2.51. The maximum atomic E-state index is 11.3. The van der Waals surface area contributed by atoms with E-state index in [-0.39, 0.29) is 6.04 Å². The summed E-state index contributed by atoms with van der Waals surface area (Å²) in [5, 5.41) is 12.2. The summed E-state index contributed by atoms with van der Waals surface area (Å²) < 4.78 is 5.18. The quantitative estimate of drug-likeness (QED) is 0.707. The highest BCUT2D eigenvalue weighted by Gasteiger charge is 2.36. The number of carboxylic acids is 1. The van der Waals surface area contributed by atoms with Gasteiger partial charge in [-0.1, -0.05) is 0 Å². The number of carbonyl (C=O) groups is 1. The number of methoxy groups -OCH3 is 1. The molecule has 0 aliphatic carbocycles. The topological polar surface area (TPSA) is 61.8 Å². The first-order chi connectivity index (χ1) is 8.42. The molecule has 0 aromatic heterocycles. The van der Waals surface area contributed by atoms with Gasteiger partial charge in [0.2, 0.25) is 0 Å². The average Bonchev–Trinajstić information content (AvgIpc) is 2.77. The number of likely N-dealkylation sites (N-methyl/N-ethyl adjacent to an activating group) is 1. The molecule has 0 saturated carbocycles. The van der Waals surface area contributed by atoms with Crippen molar-refractivity contribution in [1.29, 1.82) is 0 Å². The van der Waals surface area contributed by atoms with Gasteiger partial charge in [0.15, 0.2) is 0 Å². The first kappa shape index (κ1) is 15.4. The number of hydrogen-bond acceptors (Lipinski definition) is 4. The van der Waals surface area contributed by atoms with Crippen LogP contribution in [0, 0.1) is 5.92 Å². The lowest BCUT2D eigenvalue weighted by Crippen LogP contribution is -2.51. The van der Waals surface area contributed by atoms with Gasteiger partial charge in [-0.2, -0.15) is 0 Å². The highest BCUT2D eigenvalue weighted by atomic mass is 16.5. The van der Waals surface area contributed by atoms with E-state index in [1.807, 2.05) is 0 Å². The molecule has 3 unspecified atom stereocenters. The van der Waals surface area contributed by atoms with Crippen LogP contribution in [0.2, 0.25) is 0 Å². The van der Waals surface area contributed by atoms with Crippen LogP contribution in [-0.4, -0.2) is 61.4 Å². The van der Waals surface area contributed by atoms with Gasteiger partial charge in [0.05, 0.1) is 6.61 Å². The van der Waals surface area contributed by atoms with Gasteiger partial charge in [-0.3, -0.25) is 4.79 Å². The van der Waals surface area contributed by atoms with Crippen molar-refractivity contribution in [3.05, 3.63) is 0 Å². The van der Waals surface area contributed by atoms with E-state index in [2.05, 4.69) is 17.1 Å². The number of rotatable bonds is 7. The van der Waals surface area contributed by atoms with E-state index in [1.54, 1.807) is 21.1 Å². The third-order valence-electron chi connectivity index (χ3n) is 4.07. The fourth-order valence-electron chi connectivity index (χ4n) is 2.65. The summed E-state index contributed by atoms with van der Waals surface area (Å²) in [5.41, 5.74) is -0.848. The smallest absolute Gasteiger partial charge is 0.323 e. The molecule has 0 aromatic carbocycles. The lowest BCUT2D eigenvalue weighted by molar-refractivity contribution is -0.144. The van der Waals surface area contributed by atoms with E-state index in [9.17, 15) is 9.90 Å². The van der Waals surface area contributed by atoms with E-state index < -0.39 is 11.5 Å². The minimum atomic E-state index is -0.848. The Labute approximate surface area is 109 Å². The molecule has 106 valence electrons. The van der Waals surface area contributed by atoms with E-state index in [0.717, 1.165) is 26.1 Å². The zero-order valence-electron chi connectivity index (χ0n) is 11.9. The molecule has 1 aliphatic rings. The molecule has 1 fully saturated rings. The van der Waals surface area contributed by atoms with Gasteiger partial charge < -0.3 is 20.1 Å². The number of carboxylic acid groups (broad SMARTS) is 1. The van der Waals surface area contributed by atoms with Crippen molar-refractivity contribution in [2.24, 2.45) is 5.92 Å². The molecule has 0 bridgehead atoms. The van der Waals surface area contributed by atoms with Crippen LogP contribution in [0.25, 0.3) is 0 Å². The van der Waals surface area contributed by atoms with Crippen molar-refractivity contribution in [2.45, 2.75) is 38.3 Å². The molecule has 0 amide bonds. The summed E-state index contributed by atoms with van der Waals surface area (Å²) in [6.07, 6.45) is 1.75. The molecule has 1 saturated heterocycles. The normalized spacial score (nSPS) is 25.9. The van der Waals surface area contributed by atoms with Crippen LogP contribution in [0.1, 0.15) is 26.7 Å². The van der Waals surface area contributed by atoms with Crippen LogP contribution in [0.3, 0.4) is 0 Å². The van der Waals surface area contributed by atoms with Crippen molar-refractivity contribution in [1.82, 2.24) is 10.2 Å². The average molecular weight is 258 g/mol. The molecule has 5 heteroatoms. The van der Waals surface area contributed by atoms with Gasteiger partial charge >= 0.3 is 5.97 Å². The second kappa shape index (κ2) is 6.50. The van der Waals surface area contributed by atoms with Crippen molar-refractivity contribution < 1.29 is 14.6 Å². The first-order valence-electron chi connectivity index (χ1n) is 6.58. The molecule has 1 aliphatic heterocycles. The molecule has 0 radical (unpaired) electrons. The SMILES string of the molecule is CNC(C)(CC(C)N1CCC(COC)C1)C(=O)O. The molecule has 3 atom stereocenters. The number of likely N-dealkylation sites (tertiary alicyclic amines) is 1. The third kappa shape index (κ3) is 3.67. The van der Waals surface area contributed by atoms with Crippen LogP contribution in [0.5, 0.6) is 0 Å². The summed E-state index contributed by atoms with van der Waals surface area (Å²) in [4.78, 5) is 13.6. The Morgan fingerprint density at radius 2 is 2.33 bits per heavy atom. The maximum Gasteiger partial charge on any atom is 0.323 e. The summed E-state index contributed by atoms with van der Waals surface area (Å²) in [6, 6.07) is 0.264. The lowest BCUT2D eigenvalue weighted by Gasteiger charge is -2.32. The first-order valence-corrected chi connectivity index (χ1v) is 6.58. The van der Waals surface area contributed by atoms with Crippen LogP contribution in [0.15, 0.2) is 0 Å². The number of hydrogen-bond donors (Lipinski definition) is 2. The van der Waals surface area contributed by atoms with E-state index in [1.165, 1.54) is 0 Å². The van der Waals surface area contributed by atoms with Gasteiger partial charge in [0.25, 0.3) is 0 Å². The molecular formula is C13H26N2O3. The molecule has 2 N–H and O–H groups in total. The van der Waals surface area contributed by atoms with Gasteiger partial charge in [-0.15, -0.1) is 0 Å². The fraction of sp³-hybridized carbons (Fsp3) is 0.923. The monoisotopic (exact) mass is 258 g/mol. The van der Waals surface area contributed by atoms with Crippen LogP contribution in [0.4, 0.5) is 0 Å². The van der Waals surface area contributed by atoms with Gasteiger partial charge in [0.1, 0.15) is 5.54 Å². The van der Waals surface area contributed by atoms with Gasteiger partial charge in [0, 0.05) is 19.7 Å². The Bertz CT molecular complexity index is 285. The number of nitrogens with one attached hydrogen (secondary N) is 1. The highest BCUT2D eigenvalue weighted by molar-refractivity contribution is 5.78.